The fraction of sp³-hybridized carbons (Fsp3) is 0.235. The highest BCUT2D eigenvalue weighted by Crippen LogP contribution is 2.32. The Morgan fingerprint density at radius 3 is 3.04 bits per heavy atom. The van der Waals surface area contributed by atoms with Gasteiger partial charge in [-0.2, -0.15) is 0 Å². The van der Waals surface area contributed by atoms with Crippen LogP contribution in [0.2, 0.25) is 0 Å². The standard InChI is InChI=1S/C17H17N3O3S/c21-9-13(12-2-1-5-18-7-12)8-19-17(23)11-3-4-14-15(6-11)24-10-16(22)20-14/h1-7,13,21H,8-10H2,(H,19,23)(H,20,22). The minimum atomic E-state index is -0.211. The molecule has 0 radical (unpaired) electrons. The number of hydrogen-bond acceptors (Lipinski definition) is 5. The van der Waals surface area contributed by atoms with Crippen molar-refractivity contribution in [1.29, 1.82) is 0 Å². The third-order valence-corrected chi connectivity index (χ3v) is 4.82. The maximum absolute atomic E-state index is 12.3. The molecule has 3 rings (SSSR count). The molecule has 1 aromatic heterocycles. The van der Waals surface area contributed by atoms with E-state index < -0.39 is 0 Å². The van der Waals surface area contributed by atoms with E-state index in [9.17, 15) is 14.7 Å². The van der Waals surface area contributed by atoms with Gasteiger partial charge in [0, 0.05) is 35.3 Å². The molecule has 0 spiro atoms. The Morgan fingerprint density at radius 2 is 2.29 bits per heavy atom. The number of carbonyl (C=O) groups is 2. The number of benzene rings is 1. The van der Waals surface area contributed by atoms with Gasteiger partial charge >= 0.3 is 0 Å². The molecule has 0 fully saturated rings. The van der Waals surface area contributed by atoms with E-state index >= 15 is 0 Å². The van der Waals surface area contributed by atoms with Crippen LogP contribution in [0, 0.1) is 0 Å². The topological polar surface area (TPSA) is 91.3 Å². The molecule has 0 saturated carbocycles. The summed E-state index contributed by atoms with van der Waals surface area (Å²) in [6.45, 7) is 0.250. The van der Waals surface area contributed by atoms with Crippen molar-refractivity contribution < 1.29 is 14.7 Å². The van der Waals surface area contributed by atoms with Crippen LogP contribution in [0.15, 0.2) is 47.6 Å². The van der Waals surface area contributed by atoms with Gasteiger partial charge in [-0.25, -0.2) is 0 Å². The summed E-state index contributed by atoms with van der Waals surface area (Å²) < 4.78 is 0. The van der Waals surface area contributed by atoms with Gasteiger partial charge in [0.1, 0.15) is 0 Å². The second kappa shape index (κ2) is 7.46. The number of nitrogens with zero attached hydrogens (tertiary/aromatic N) is 1. The van der Waals surface area contributed by atoms with Crippen LogP contribution in [0.3, 0.4) is 0 Å². The first kappa shape index (κ1) is 16.5. The molecule has 1 unspecified atom stereocenters. The number of carbonyl (C=O) groups excluding carboxylic acids is 2. The number of aliphatic hydroxyl groups is 1. The second-order valence-corrected chi connectivity index (χ2v) is 6.44. The highest BCUT2D eigenvalue weighted by atomic mass is 32.2. The van der Waals surface area contributed by atoms with Crippen LogP contribution in [0.5, 0.6) is 0 Å². The highest BCUT2D eigenvalue weighted by Gasteiger charge is 2.18. The Balaban J connectivity index is 1.66. The maximum Gasteiger partial charge on any atom is 0.251 e. The fourth-order valence-corrected chi connectivity index (χ4v) is 3.28. The molecular weight excluding hydrogens is 326 g/mol. The lowest BCUT2D eigenvalue weighted by Crippen LogP contribution is -2.30. The van der Waals surface area contributed by atoms with Crippen LogP contribution in [0.1, 0.15) is 21.8 Å². The number of aliphatic hydroxyl groups excluding tert-OH is 1. The summed E-state index contributed by atoms with van der Waals surface area (Å²) in [6.07, 6.45) is 3.35. The van der Waals surface area contributed by atoms with Crippen LogP contribution in [0.4, 0.5) is 5.69 Å². The quantitative estimate of drug-likeness (QED) is 0.767. The number of thioether (sulfide) groups is 1. The van der Waals surface area contributed by atoms with E-state index in [4.69, 9.17) is 0 Å². The molecule has 7 heteroatoms. The number of fused-ring (bicyclic) bond motifs is 1. The van der Waals surface area contributed by atoms with Crippen LogP contribution < -0.4 is 10.6 Å². The average Bonchev–Trinajstić information content (AvgIpc) is 2.62. The van der Waals surface area contributed by atoms with Gasteiger partial charge in [0.15, 0.2) is 0 Å². The summed E-state index contributed by atoms with van der Waals surface area (Å²) in [7, 11) is 0. The third-order valence-electron chi connectivity index (χ3n) is 3.76. The number of nitrogens with one attached hydrogen (secondary N) is 2. The monoisotopic (exact) mass is 343 g/mol. The Bertz CT molecular complexity index is 752. The van der Waals surface area contributed by atoms with Crippen molar-refractivity contribution in [2.24, 2.45) is 0 Å². The lowest BCUT2D eigenvalue weighted by Gasteiger charge is -2.18. The molecule has 1 aromatic carbocycles. The van der Waals surface area contributed by atoms with Crippen LogP contribution in [-0.2, 0) is 4.79 Å². The molecule has 1 aliphatic rings. The van der Waals surface area contributed by atoms with Gasteiger partial charge in [0.2, 0.25) is 5.91 Å². The Hall–Kier alpha value is -2.38. The SMILES string of the molecule is O=C1CSc2cc(C(=O)NCC(CO)c3cccnc3)ccc2N1. The van der Waals surface area contributed by atoms with Crippen LogP contribution in [-0.4, -0.2) is 40.8 Å². The third kappa shape index (κ3) is 3.74. The number of anilines is 1. The Kier molecular flexibility index (Phi) is 5.12. The smallest absolute Gasteiger partial charge is 0.251 e. The molecule has 1 aliphatic heterocycles. The van der Waals surface area contributed by atoms with Gasteiger partial charge in [0.25, 0.3) is 5.91 Å². The predicted octanol–water partition coefficient (Wildman–Crippen LogP) is 1.63. The van der Waals surface area contributed by atoms with E-state index in [2.05, 4.69) is 15.6 Å². The number of hydrogen-bond donors (Lipinski definition) is 3. The molecule has 24 heavy (non-hydrogen) atoms. The van der Waals surface area contributed by atoms with Gasteiger partial charge in [-0.1, -0.05) is 6.07 Å². The lowest BCUT2D eigenvalue weighted by molar-refractivity contribution is -0.113. The van der Waals surface area contributed by atoms with Crippen molar-refractivity contribution in [3.63, 3.8) is 0 Å². The molecule has 1 atom stereocenters. The molecule has 6 nitrogen and oxygen atoms in total. The van der Waals surface area contributed by atoms with E-state index in [1.54, 1.807) is 36.7 Å². The number of rotatable bonds is 5. The summed E-state index contributed by atoms with van der Waals surface area (Å²) in [6, 6.07) is 8.86. The first-order valence-corrected chi connectivity index (χ1v) is 8.51. The zero-order chi connectivity index (χ0) is 16.9. The predicted molar refractivity (Wildman–Crippen MR) is 92.2 cm³/mol. The summed E-state index contributed by atoms with van der Waals surface area (Å²) in [5.41, 5.74) is 2.14. The van der Waals surface area contributed by atoms with E-state index in [1.807, 2.05) is 6.07 Å². The summed E-state index contributed by atoms with van der Waals surface area (Å²) in [4.78, 5) is 28.6. The number of aromatic nitrogens is 1. The fourth-order valence-electron chi connectivity index (χ4n) is 2.44. The first-order chi connectivity index (χ1) is 11.7. The first-order valence-electron chi connectivity index (χ1n) is 7.53. The summed E-state index contributed by atoms with van der Waals surface area (Å²) >= 11 is 1.41. The molecule has 2 heterocycles. The van der Waals surface area contributed by atoms with Crippen molar-refractivity contribution in [3.8, 4) is 0 Å². The molecule has 3 N–H and O–H groups in total. The zero-order valence-electron chi connectivity index (χ0n) is 12.9. The lowest BCUT2D eigenvalue weighted by atomic mass is 10.0. The average molecular weight is 343 g/mol. The van der Waals surface area contributed by atoms with Crippen LogP contribution in [0.25, 0.3) is 0 Å². The van der Waals surface area contributed by atoms with Crippen molar-refractivity contribution in [2.75, 3.05) is 24.2 Å². The molecule has 2 aromatic rings. The van der Waals surface area contributed by atoms with Gasteiger partial charge in [-0.3, -0.25) is 14.6 Å². The number of amides is 2. The zero-order valence-corrected chi connectivity index (χ0v) is 13.7. The molecule has 0 bridgehead atoms. The minimum Gasteiger partial charge on any atom is -0.396 e. The molecule has 2 amide bonds. The molecule has 0 aliphatic carbocycles. The van der Waals surface area contributed by atoms with E-state index in [-0.39, 0.29) is 24.3 Å². The van der Waals surface area contributed by atoms with Gasteiger partial charge in [0.05, 0.1) is 18.0 Å². The normalized spacial score (nSPS) is 14.5. The Labute approximate surface area is 143 Å². The van der Waals surface area contributed by atoms with Crippen molar-refractivity contribution >= 4 is 29.3 Å². The summed E-state index contributed by atoms with van der Waals surface area (Å²) in [5.74, 6) is -0.0930. The minimum absolute atomic E-state index is 0.0352. The second-order valence-electron chi connectivity index (χ2n) is 5.42. The van der Waals surface area contributed by atoms with E-state index in [1.165, 1.54) is 11.8 Å². The van der Waals surface area contributed by atoms with Gasteiger partial charge in [-0.15, -0.1) is 11.8 Å². The molecule has 0 saturated heterocycles. The maximum atomic E-state index is 12.3. The Morgan fingerprint density at radius 1 is 1.42 bits per heavy atom. The number of pyridine rings is 1. The molecular formula is C17H17N3O3S. The van der Waals surface area contributed by atoms with Crippen molar-refractivity contribution in [2.45, 2.75) is 10.8 Å². The van der Waals surface area contributed by atoms with E-state index in [0.29, 0.717) is 17.9 Å². The largest absolute Gasteiger partial charge is 0.396 e. The highest BCUT2D eigenvalue weighted by molar-refractivity contribution is 8.00. The van der Waals surface area contributed by atoms with Crippen LogP contribution >= 0.6 is 11.8 Å². The van der Waals surface area contributed by atoms with Gasteiger partial charge < -0.3 is 15.7 Å². The summed E-state index contributed by atoms with van der Waals surface area (Å²) in [5, 5.41) is 15.1. The molecule has 124 valence electrons. The van der Waals surface area contributed by atoms with Crippen molar-refractivity contribution in [1.82, 2.24) is 10.3 Å². The van der Waals surface area contributed by atoms with E-state index in [0.717, 1.165) is 16.1 Å². The van der Waals surface area contributed by atoms with Gasteiger partial charge in [-0.05, 0) is 29.8 Å². The van der Waals surface area contributed by atoms with Crippen molar-refractivity contribution in [3.05, 3.63) is 53.9 Å².